The number of hydrogen-bond donors (Lipinski definition) is 2. The molecule has 2 N–H and O–H groups in total. The smallest absolute Gasteiger partial charge is 0.326 e. The highest BCUT2D eigenvalue weighted by atomic mass is 16.4. The van der Waals surface area contributed by atoms with E-state index in [0.29, 0.717) is 12.0 Å². The summed E-state index contributed by atoms with van der Waals surface area (Å²) in [6, 6.07) is -0.775. The van der Waals surface area contributed by atoms with Gasteiger partial charge in [0.15, 0.2) is 0 Å². The monoisotopic (exact) mass is 213 g/mol. The first-order valence-electron chi connectivity index (χ1n) is 5.23. The van der Waals surface area contributed by atoms with E-state index in [1.807, 2.05) is 13.8 Å². The largest absolute Gasteiger partial charge is 0.480 e. The lowest BCUT2D eigenvalue weighted by Gasteiger charge is -2.13. The first-order valence-corrected chi connectivity index (χ1v) is 5.23. The molecule has 0 aromatic rings. The summed E-state index contributed by atoms with van der Waals surface area (Å²) in [6.45, 7) is 5.50. The van der Waals surface area contributed by atoms with Crippen LogP contribution < -0.4 is 5.32 Å². The number of carboxylic acid groups (broad SMARTS) is 1. The van der Waals surface area contributed by atoms with E-state index in [9.17, 15) is 9.59 Å². The van der Waals surface area contributed by atoms with Crippen LogP contribution in [-0.2, 0) is 9.59 Å². The fourth-order valence-electron chi connectivity index (χ4n) is 1.22. The van der Waals surface area contributed by atoms with Crippen molar-refractivity contribution in [2.24, 2.45) is 0 Å². The first-order chi connectivity index (χ1) is 7.02. The van der Waals surface area contributed by atoms with Gasteiger partial charge >= 0.3 is 5.97 Å². The molecule has 0 aliphatic heterocycles. The van der Waals surface area contributed by atoms with Crippen molar-refractivity contribution in [3.8, 4) is 0 Å². The summed E-state index contributed by atoms with van der Waals surface area (Å²) in [5.41, 5.74) is 0.569. The maximum Gasteiger partial charge on any atom is 0.326 e. The normalized spacial score (nSPS) is 13.4. The van der Waals surface area contributed by atoms with E-state index in [4.69, 9.17) is 5.11 Å². The van der Waals surface area contributed by atoms with Crippen molar-refractivity contribution < 1.29 is 14.7 Å². The minimum Gasteiger partial charge on any atom is -0.480 e. The van der Waals surface area contributed by atoms with E-state index in [-0.39, 0.29) is 5.91 Å². The fraction of sp³-hybridized carbons (Fsp3) is 0.636. The fourth-order valence-corrected chi connectivity index (χ4v) is 1.22. The second kappa shape index (κ2) is 7.04. The molecule has 0 rings (SSSR count). The Kier molecular flexibility index (Phi) is 6.42. The molecule has 0 unspecified atom stereocenters. The maximum absolute atomic E-state index is 11.5. The molecule has 0 saturated carbocycles. The van der Waals surface area contributed by atoms with Crippen LogP contribution in [0.1, 0.15) is 40.0 Å². The number of carboxylic acids is 1. The topological polar surface area (TPSA) is 66.4 Å². The summed E-state index contributed by atoms with van der Waals surface area (Å²) in [6.07, 6.45) is 3.74. The van der Waals surface area contributed by atoms with Crippen LogP contribution in [0, 0.1) is 0 Å². The van der Waals surface area contributed by atoms with Gasteiger partial charge in [-0.1, -0.05) is 26.3 Å². The second-order valence-electron chi connectivity index (χ2n) is 3.45. The first kappa shape index (κ1) is 13.7. The number of hydrogen-bond acceptors (Lipinski definition) is 2. The van der Waals surface area contributed by atoms with Crippen LogP contribution in [0.3, 0.4) is 0 Å². The average molecular weight is 213 g/mol. The van der Waals surface area contributed by atoms with Crippen LogP contribution in [0.5, 0.6) is 0 Å². The molecule has 0 fully saturated rings. The molecule has 0 spiro atoms. The van der Waals surface area contributed by atoms with Crippen molar-refractivity contribution in [3.63, 3.8) is 0 Å². The SMILES string of the molecule is CCC=C(C)C(=O)N[C@@H](CCC)C(=O)O. The van der Waals surface area contributed by atoms with Crippen molar-refractivity contribution in [2.45, 2.75) is 46.1 Å². The van der Waals surface area contributed by atoms with Gasteiger partial charge in [0, 0.05) is 5.57 Å². The number of allylic oxidation sites excluding steroid dienone is 1. The number of carbonyl (C=O) groups is 2. The number of aliphatic carboxylic acids is 1. The molecule has 86 valence electrons. The summed E-state index contributed by atoms with van der Waals surface area (Å²) in [5, 5.41) is 11.3. The predicted molar refractivity (Wildman–Crippen MR) is 58.5 cm³/mol. The molecule has 4 nitrogen and oxygen atoms in total. The lowest BCUT2D eigenvalue weighted by molar-refractivity contribution is -0.141. The molecule has 4 heteroatoms. The highest BCUT2D eigenvalue weighted by molar-refractivity contribution is 5.95. The predicted octanol–water partition coefficient (Wildman–Crippen LogP) is 1.71. The number of carbonyl (C=O) groups excluding carboxylic acids is 1. The van der Waals surface area contributed by atoms with Gasteiger partial charge in [0.2, 0.25) is 5.91 Å². The summed E-state index contributed by atoms with van der Waals surface area (Å²) >= 11 is 0. The number of amides is 1. The third-order valence-corrected chi connectivity index (χ3v) is 2.05. The molecule has 1 atom stereocenters. The molecular formula is C11H19NO3. The lowest BCUT2D eigenvalue weighted by Crippen LogP contribution is -2.41. The summed E-state index contributed by atoms with van der Waals surface area (Å²) in [5.74, 6) is -1.27. The van der Waals surface area contributed by atoms with Gasteiger partial charge in [-0.25, -0.2) is 4.79 Å². The van der Waals surface area contributed by atoms with E-state index >= 15 is 0 Å². The third-order valence-electron chi connectivity index (χ3n) is 2.05. The number of rotatable bonds is 6. The van der Waals surface area contributed by atoms with Crippen molar-refractivity contribution in [3.05, 3.63) is 11.6 Å². The minimum atomic E-state index is -0.977. The highest BCUT2D eigenvalue weighted by Crippen LogP contribution is 2.00. The van der Waals surface area contributed by atoms with Crippen LogP contribution in [0.15, 0.2) is 11.6 Å². The van der Waals surface area contributed by atoms with Crippen LogP contribution in [0.25, 0.3) is 0 Å². The zero-order chi connectivity index (χ0) is 11.8. The zero-order valence-corrected chi connectivity index (χ0v) is 9.54. The summed E-state index contributed by atoms with van der Waals surface area (Å²) in [4.78, 5) is 22.3. The molecule has 0 aromatic carbocycles. The van der Waals surface area contributed by atoms with E-state index in [1.54, 1.807) is 13.0 Å². The minimum absolute atomic E-state index is 0.294. The molecular weight excluding hydrogens is 194 g/mol. The molecule has 1 amide bonds. The molecule has 0 bridgehead atoms. The Morgan fingerprint density at radius 3 is 2.40 bits per heavy atom. The Balaban J connectivity index is 4.35. The Bertz CT molecular complexity index is 259. The van der Waals surface area contributed by atoms with Crippen LogP contribution in [0.2, 0.25) is 0 Å². The van der Waals surface area contributed by atoms with E-state index < -0.39 is 12.0 Å². The van der Waals surface area contributed by atoms with Gasteiger partial charge in [0.05, 0.1) is 0 Å². The van der Waals surface area contributed by atoms with Crippen molar-refractivity contribution in [1.82, 2.24) is 5.32 Å². The van der Waals surface area contributed by atoms with Crippen molar-refractivity contribution in [2.75, 3.05) is 0 Å². The molecule has 0 saturated heterocycles. The third kappa shape index (κ3) is 5.20. The van der Waals surface area contributed by atoms with Gasteiger partial charge in [-0.15, -0.1) is 0 Å². The number of nitrogens with one attached hydrogen (secondary N) is 1. The Morgan fingerprint density at radius 1 is 1.40 bits per heavy atom. The van der Waals surface area contributed by atoms with Crippen LogP contribution >= 0.6 is 0 Å². The maximum atomic E-state index is 11.5. The zero-order valence-electron chi connectivity index (χ0n) is 9.54. The van der Waals surface area contributed by atoms with Crippen molar-refractivity contribution in [1.29, 1.82) is 0 Å². The highest BCUT2D eigenvalue weighted by Gasteiger charge is 2.18. The van der Waals surface area contributed by atoms with Gasteiger partial charge in [-0.3, -0.25) is 4.79 Å². The molecule has 0 aromatic heterocycles. The van der Waals surface area contributed by atoms with Gasteiger partial charge in [-0.05, 0) is 19.8 Å². The molecule has 15 heavy (non-hydrogen) atoms. The molecule has 0 radical (unpaired) electrons. The quantitative estimate of drug-likeness (QED) is 0.660. The summed E-state index contributed by atoms with van der Waals surface area (Å²) < 4.78 is 0. The van der Waals surface area contributed by atoms with Gasteiger partial charge in [0.1, 0.15) is 6.04 Å². The molecule has 0 aliphatic rings. The van der Waals surface area contributed by atoms with Gasteiger partial charge < -0.3 is 10.4 Å². The van der Waals surface area contributed by atoms with Crippen LogP contribution in [-0.4, -0.2) is 23.0 Å². The molecule has 0 aliphatic carbocycles. The standard InChI is InChI=1S/C11H19NO3/c1-4-6-8(3)10(13)12-9(7-5-2)11(14)15/h6,9H,4-5,7H2,1-3H3,(H,12,13)(H,14,15)/t9-/m0/s1. The summed E-state index contributed by atoms with van der Waals surface area (Å²) in [7, 11) is 0. The van der Waals surface area contributed by atoms with E-state index in [0.717, 1.165) is 12.8 Å². The Hall–Kier alpha value is -1.32. The Labute approximate surface area is 90.4 Å². The second-order valence-corrected chi connectivity index (χ2v) is 3.45. The average Bonchev–Trinajstić information content (AvgIpc) is 2.17. The Morgan fingerprint density at radius 2 is 2.00 bits per heavy atom. The van der Waals surface area contributed by atoms with Crippen LogP contribution in [0.4, 0.5) is 0 Å². The lowest BCUT2D eigenvalue weighted by atomic mass is 10.1. The molecule has 0 heterocycles. The van der Waals surface area contributed by atoms with Crippen molar-refractivity contribution >= 4 is 11.9 Å². The van der Waals surface area contributed by atoms with Gasteiger partial charge in [-0.2, -0.15) is 0 Å². The van der Waals surface area contributed by atoms with Gasteiger partial charge in [0.25, 0.3) is 0 Å². The van der Waals surface area contributed by atoms with E-state index in [2.05, 4.69) is 5.32 Å². The van der Waals surface area contributed by atoms with E-state index in [1.165, 1.54) is 0 Å².